The Hall–Kier alpha value is -1.36. The van der Waals surface area contributed by atoms with Gasteiger partial charge in [-0.15, -0.1) is 0 Å². The number of hydrogen-bond acceptors (Lipinski definition) is 3. The molecule has 0 spiro atoms. The Balaban J connectivity index is 1.95. The summed E-state index contributed by atoms with van der Waals surface area (Å²) >= 11 is 6.11. The lowest BCUT2D eigenvalue weighted by atomic mass is 10.2. The molecule has 2 aromatic carbocycles. The fourth-order valence-electron chi connectivity index (χ4n) is 2.02. The number of benzene rings is 2. The van der Waals surface area contributed by atoms with Crippen LogP contribution in [0.2, 0.25) is 5.02 Å². The summed E-state index contributed by atoms with van der Waals surface area (Å²) < 4.78 is 24.4. The van der Waals surface area contributed by atoms with Crippen molar-refractivity contribution in [2.24, 2.45) is 0 Å². The van der Waals surface area contributed by atoms with Crippen molar-refractivity contribution in [2.45, 2.75) is 11.4 Å². The Morgan fingerprint density at radius 3 is 2.29 bits per heavy atom. The van der Waals surface area contributed by atoms with Crippen LogP contribution < -0.4 is 0 Å². The molecule has 0 aliphatic heterocycles. The monoisotopic (exact) mass is 323 g/mol. The number of rotatable bonds is 6. The minimum atomic E-state index is -3.23. The van der Waals surface area contributed by atoms with E-state index in [1.54, 1.807) is 24.3 Å². The molecule has 5 heteroatoms. The first-order valence-electron chi connectivity index (χ1n) is 6.69. The molecule has 0 unspecified atom stereocenters. The van der Waals surface area contributed by atoms with Gasteiger partial charge in [-0.1, -0.05) is 48.0 Å². The van der Waals surface area contributed by atoms with Gasteiger partial charge in [0, 0.05) is 18.1 Å². The van der Waals surface area contributed by atoms with Crippen molar-refractivity contribution in [3.05, 3.63) is 65.2 Å². The molecule has 2 aromatic rings. The van der Waals surface area contributed by atoms with E-state index in [0.29, 0.717) is 23.0 Å². The summed E-state index contributed by atoms with van der Waals surface area (Å²) in [6.45, 7) is 1.09. The van der Waals surface area contributed by atoms with Crippen molar-refractivity contribution < 1.29 is 8.42 Å². The molecule has 0 aromatic heterocycles. The minimum absolute atomic E-state index is 0.0952. The fraction of sp³-hybridized carbons (Fsp3) is 0.250. The zero-order chi connectivity index (χ0) is 15.3. The molecule has 0 saturated carbocycles. The summed E-state index contributed by atoms with van der Waals surface area (Å²) in [4.78, 5) is 2.33. The van der Waals surface area contributed by atoms with E-state index >= 15 is 0 Å². The molecular weight excluding hydrogens is 306 g/mol. The van der Waals surface area contributed by atoms with Gasteiger partial charge >= 0.3 is 0 Å². The van der Waals surface area contributed by atoms with Crippen LogP contribution in [0.5, 0.6) is 0 Å². The topological polar surface area (TPSA) is 37.4 Å². The zero-order valence-electron chi connectivity index (χ0n) is 11.9. The third-order valence-electron chi connectivity index (χ3n) is 3.24. The van der Waals surface area contributed by atoms with Gasteiger partial charge in [0.05, 0.1) is 10.6 Å². The van der Waals surface area contributed by atoms with E-state index in [2.05, 4.69) is 0 Å². The number of sulfone groups is 1. The van der Waals surface area contributed by atoms with Gasteiger partial charge in [-0.3, -0.25) is 0 Å². The molecule has 2 rings (SSSR count). The van der Waals surface area contributed by atoms with Crippen LogP contribution in [0.15, 0.2) is 59.5 Å². The third kappa shape index (κ3) is 4.56. The second kappa shape index (κ2) is 7.07. The second-order valence-corrected chi connectivity index (χ2v) is 7.48. The summed E-state index contributed by atoms with van der Waals surface area (Å²) in [5, 5.41) is 0.704. The standard InChI is InChI=1S/C16H18ClNO2S/c1-18(13-14-7-5-6-10-16(14)17)11-12-21(19,20)15-8-3-2-4-9-15/h2-10H,11-13H2,1H3. The molecule has 0 fully saturated rings. The molecule has 3 nitrogen and oxygen atoms in total. The van der Waals surface area contributed by atoms with Gasteiger partial charge in [0.1, 0.15) is 0 Å². The summed E-state index contributed by atoms with van der Waals surface area (Å²) in [6, 6.07) is 16.1. The maximum absolute atomic E-state index is 12.2. The van der Waals surface area contributed by atoms with E-state index in [1.165, 1.54) is 0 Å². The van der Waals surface area contributed by atoms with E-state index in [1.807, 2.05) is 42.3 Å². The molecule has 0 saturated heterocycles. The molecule has 0 aliphatic rings. The molecule has 0 N–H and O–H groups in total. The van der Waals surface area contributed by atoms with E-state index in [0.717, 1.165) is 5.56 Å². The normalized spacial score (nSPS) is 11.8. The number of nitrogens with zero attached hydrogens (tertiary/aromatic N) is 1. The minimum Gasteiger partial charge on any atom is -0.301 e. The quantitative estimate of drug-likeness (QED) is 0.819. The van der Waals surface area contributed by atoms with Crippen LogP contribution in [0.3, 0.4) is 0 Å². The van der Waals surface area contributed by atoms with Gasteiger partial charge < -0.3 is 4.90 Å². The highest BCUT2D eigenvalue weighted by molar-refractivity contribution is 7.91. The molecular formula is C16H18ClNO2S. The highest BCUT2D eigenvalue weighted by Crippen LogP contribution is 2.17. The van der Waals surface area contributed by atoms with Crippen LogP contribution in [0.25, 0.3) is 0 Å². The van der Waals surface area contributed by atoms with Gasteiger partial charge in [0.15, 0.2) is 9.84 Å². The summed E-state index contributed by atoms with van der Waals surface area (Å²) in [7, 11) is -1.34. The van der Waals surface area contributed by atoms with Crippen molar-refractivity contribution in [1.82, 2.24) is 4.90 Å². The van der Waals surface area contributed by atoms with Gasteiger partial charge in [-0.25, -0.2) is 8.42 Å². The van der Waals surface area contributed by atoms with Crippen molar-refractivity contribution in [3.8, 4) is 0 Å². The van der Waals surface area contributed by atoms with Gasteiger partial charge in [-0.2, -0.15) is 0 Å². The average Bonchev–Trinajstić information content (AvgIpc) is 2.49. The number of halogens is 1. The van der Waals surface area contributed by atoms with Crippen molar-refractivity contribution in [3.63, 3.8) is 0 Å². The van der Waals surface area contributed by atoms with Crippen molar-refractivity contribution >= 4 is 21.4 Å². The van der Waals surface area contributed by atoms with Crippen molar-refractivity contribution in [1.29, 1.82) is 0 Å². The Bertz CT molecular complexity index is 686. The van der Waals surface area contributed by atoms with Crippen LogP contribution in [0.1, 0.15) is 5.56 Å². The third-order valence-corrected chi connectivity index (χ3v) is 5.32. The van der Waals surface area contributed by atoms with Crippen LogP contribution in [-0.4, -0.2) is 32.7 Å². The first-order valence-corrected chi connectivity index (χ1v) is 8.72. The smallest absolute Gasteiger partial charge is 0.179 e. The maximum atomic E-state index is 12.2. The first kappa shape index (κ1) is 16.0. The molecule has 0 aliphatic carbocycles. The average molecular weight is 324 g/mol. The maximum Gasteiger partial charge on any atom is 0.179 e. The Morgan fingerprint density at radius 1 is 1.00 bits per heavy atom. The predicted molar refractivity (Wildman–Crippen MR) is 86.3 cm³/mol. The molecule has 21 heavy (non-hydrogen) atoms. The van der Waals surface area contributed by atoms with Crippen LogP contribution in [0.4, 0.5) is 0 Å². The predicted octanol–water partition coefficient (Wildman–Crippen LogP) is 3.25. The lowest BCUT2D eigenvalue weighted by Gasteiger charge is -2.17. The summed E-state index contributed by atoms with van der Waals surface area (Å²) in [5.41, 5.74) is 0.999. The van der Waals surface area contributed by atoms with Gasteiger partial charge in [0.2, 0.25) is 0 Å². The fourth-order valence-corrected chi connectivity index (χ4v) is 3.57. The SMILES string of the molecule is CN(CCS(=O)(=O)c1ccccc1)Cc1ccccc1Cl. The van der Waals surface area contributed by atoms with Crippen LogP contribution in [-0.2, 0) is 16.4 Å². The van der Waals surface area contributed by atoms with E-state index < -0.39 is 9.84 Å². The van der Waals surface area contributed by atoms with E-state index in [-0.39, 0.29) is 5.75 Å². The molecule has 0 bridgehead atoms. The second-order valence-electron chi connectivity index (χ2n) is 4.96. The largest absolute Gasteiger partial charge is 0.301 e. The van der Waals surface area contributed by atoms with Gasteiger partial charge in [-0.05, 0) is 30.8 Å². The highest BCUT2D eigenvalue weighted by Gasteiger charge is 2.15. The van der Waals surface area contributed by atoms with Crippen molar-refractivity contribution in [2.75, 3.05) is 19.3 Å². The summed E-state index contributed by atoms with van der Waals surface area (Å²) in [6.07, 6.45) is 0. The van der Waals surface area contributed by atoms with Crippen LogP contribution >= 0.6 is 11.6 Å². The lowest BCUT2D eigenvalue weighted by Crippen LogP contribution is -2.25. The first-order chi connectivity index (χ1) is 9.99. The van der Waals surface area contributed by atoms with E-state index in [9.17, 15) is 8.42 Å². The van der Waals surface area contributed by atoms with Crippen LogP contribution in [0, 0.1) is 0 Å². The Labute approximate surface area is 131 Å². The number of hydrogen-bond donors (Lipinski definition) is 0. The Morgan fingerprint density at radius 2 is 1.62 bits per heavy atom. The molecule has 0 amide bonds. The Kier molecular flexibility index (Phi) is 5.39. The molecule has 0 atom stereocenters. The van der Waals surface area contributed by atoms with Gasteiger partial charge in [0.25, 0.3) is 0 Å². The highest BCUT2D eigenvalue weighted by atomic mass is 35.5. The lowest BCUT2D eigenvalue weighted by molar-refractivity contribution is 0.346. The zero-order valence-corrected chi connectivity index (χ0v) is 13.4. The molecule has 0 heterocycles. The summed E-state index contributed by atoms with van der Waals surface area (Å²) in [5.74, 6) is 0.0952. The molecule has 112 valence electrons. The van der Waals surface area contributed by atoms with E-state index in [4.69, 9.17) is 11.6 Å². The molecule has 0 radical (unpaired) electrons.